The first-order chi connectivity index (χ1) is 6.99. The molecule has 6 heteroatoms. The van der Waals surface area contributed by atoms with Gasteiger partial charge in [-0.3, -0.25) is 4.79 Å². The standard InChI is InChI=1S/C9H16O6/c1-15-3-5-4(2-6(10)11)7(12)9(14)8(5)13/h4-5,7-9,12-14H,2-3H2,1H3,(H,10,11). The van der Waals surface area contributed by atoms with Crippen LogP contribution in [0.1, 0.15) is 6.42 Å². The van der Waals surface area contributed by atoms with Gasteiger partial charge < -0.3 is 25.2 Å². The summed E-state index contributed by atoms with van der Waals surface area (Å²) in [6, 6.07) is 0. The van der Waals surface area contributed by atoms with Gasteiger partial charge in [0.25, 0.3) is 0 Å². The highest BCUT2D eigenvalue weighted by Crippen LogP contribution is 2.35. The summed E-state index contributed by atoms with van der Waals surface area (Å²) in [6.07, 6.45) is -3.93. The third-order valence-electron chi connectivity index (χ3n) is 2.90. The van der Waals surface area contributed by atoms with E-state index in [2.05, 4.69) is 0 Å². The number of hydrogen-bond donors (Lipinski definition) is 4. The number of rotatable bonds is 4. The van der Waals surface area contributed by atoms with Crippen LogP contribution in [0.2, 0.25) is 0 Å². The van der Waals surface area contributed by atoms with Crippen LogP contribution in [0.3, 0.4) is 0 Å². The number of ether oxygens (including phenoxy) is 1. The van der Waals surface area contributed by atoms with Crippen molar-refractivity contribution in [2.24, 2.45) is 11.8 Å². The van der Waals surface area contributed by atoms with Crippen LogP contribution in [0.5, 0.6) is 0 Å². The Bertz CT molecular complexity index is 231. The monoisotopic (exact) mass is 220 g/mol. The van der Waals surface area contributed by atoms with E-state index in [0.29, 0.717) is 0 Å². The molecule has 1 saturated carbocycles. The van der Waals surface area contributed by atoms with Crippen molar-refractivity contribution in [3.05, 3.63) is 0 Å². The zero-order chi connectivity index (χ0) is 11.6. The van der Waals surface area contributed by atoms with E-state index in [4.69, 9.17) is 9.84 Å². The van der Waals surface area contributed by atoms with E-state index in [1.54, 1.807) is 0 Å². The van der Waals surface area contributed by atoms with Crippen LogP contribution in [0.25, 0.3) is 0 Å². The molecule has 5 atom stereocenters. The van der Waals surface area contributed by atoms with E-state index in [-0.39, 0.29) is 13.0 Å². The van der Waals surface area contributed by atoms with Gasteiger partial charge in [0.2, 0.25) is 0 Å². The minimum absolute atomic E-state index is 0.118. The highest BCUT2D eigenvalue weighted by atomic mass is 16.5. The summed E-state index contributed by atoms with van der Waals surface area (Å²) < 4.78 is 4.83. The molecule has 1 aliphatic rings. The first-order valence-corrected chi connectivity index (χ1v) is 4.74. The highest BCUT2D eigenvalue weighted by Gasteiger charge is 2.49. The van der Waals surface area contributed by atoms with E-state index in [9.17, 15) is 20.1 Å². The van der Waals surface area contributed by atoms with Crippen molar-refractivity contribution in [1.82, 2.24) is 0 Å². The minimum Gasteiger partial charge on any atom is -0.481 e. The Morgan fingerprint density at radius 1 is 1.13 bits per heavy atom. The van der Waals surface area contributed by atoms with Gasteiger partial charge in [-0.2, -0.15) is 0 Å². The summed E-state index contributed by atoms with van der Waals surface area (Å²) in [5, 5.41) is 37.1. The Morgan fingerprint density at radius 3 is 2.13 bits per heavy atom. The molecule has 1 aliphatic carbocycles. The first kappa shape index (κ1) is 12.4. The molecule has 0 radical (unpaired) electrons. The van der Waals surface area contributed by atoms with Gasteiger partial charge in [0.05, 0.1) is 25.2 Å². The quantitative estimate of drug-likeness (QED) is 0.456. The molecule has 0 spiro atoms. The smallest absolute Gasteiger partial charge is 0.303 e. The topological polar surface area (TPSA) is 107 Å². The van der Waals surface area contributed by atoms with Crippen molar-refractivity contribution >= 4 is 5.97 Å². The number of aliphatic hydroxyl groups excluding tert-OH is 3. The van der Waals surface area contributed by atoms with Gasteiger partial charge in [0, 0.05) is 18.9 Å². The number of methoxy groups -OCH3 is 1. The summed E-state index contributed by atoms with van der Waals surface area (Å²) in [5.74, 6) is -2.29. The predicted molar refractivity (Wildman–Crippen MR) is 49.1 cm³/mol. The third kappa shape index (κ3) is 2.46. The van der Waals surface area contributed by atoms with Crippen LogP contribution in [-0.4, -0.2) is 58.4 Å². The molecule has 1 rings (SSSR count). The van der Waals surface area contributed by atoms with Crippen LogP contribution < -0.4 is 0 Å². The van der Waals surface area contributed by atoms with Crippen molar-refractivity contribution in [2.45, 2.75) is 24.7 Å². The van der Waals surface area contributed by atoms with Crippen molar-refractivity contribution in [2.75, 3.05) is 13.7 Å². The second-order valence-corrected chi connectivity index (χ2v) is 3.85. The molecule has 88 valence electrons. The third-order valence-corrected chi connectivity index (χ3v) is 2.90. The zero-order valence-electron chi connectivity index (χ0n) is 8.41. The molecular formula is C9H16O6. The molecule has 15 heavy (non-hydrogen) atoms. The molecule has 0 aromatic heterocycles. The second kappa shape index (κ2) is 4.89. The van der Waals surface area contributed by atoms with Gasteiger partial charge in [-0.15, -0.1) is 0 Å². The van der Waals surface area contributed by atoms with Crippen molar-refractivity contribution in [3.63, 3.8) is 0 Å². The molecule has 0 saturated heterocycles. The normalized spacial score (nSPS) is 40.7. The summed E-state index contributed by atoms with van der Waals surface area (Å²) in [5.41, 5.74) is 0. The summed E-state index contributed by atoms with van der Waals surface area (Å²) in [4.78, 5) is 10.5. The van der Waals surface area contributed by atoms with Crippen LogP contribution in [0, 0.1) is 11.8 Å². The molecule has 0 aromatic rings. The van der Waals surface area contributed by atoms with Gasteiger partial charge in [-0.05, 0) is 0 Å². The number of hydrogen-bond acceptors (Lipinski definition) is 5. The maximum Gasteiger partial charge on any atom is 0.303 e. The molecule has 0 aromatic carbocycles. The van der Waals surface area contributed by atoms with Crippen molar-refractivity contribution < 1.29 is 30.0 Å². The predicted octanol–water partition coefficient (Wildman–Crippen LogP) is -1.56. The molecule has 0 bridgehead atoms. The first-order valence-electron chi connectivity index (χ1n) is 4.74. The molecule has 4 N–H and O–H groups in total. The zero-order valence-corrected chi connectivity index (χ0v) is 8.41. The van der Waals surface area contributed by atoms with E-state index in [0.717, 1.165) is 0 Å². The number of carbonyl (C=O) groups is 1. The lowest BCUT2D eigenvalue weighted by molar-refractivity contribution is -0.139. The molecule has 6 nitrogen and oxygen atoms in total. The van der Waals surface area contributed by atoms with Crippen LogP contribution in [0.15, 0.2) is 0 Å². The fourth-order valence-electron chi connectivity index (χ4n) is 2.10. The number of carboxylic acid groups (broad SMARTS) is 1. The maximum atomic E-state index is 10.5. The molecule has 0 heterocycles. The second-order valence-electron chi connectivity index (χ2n) is 3.85. The Kier molecular flexibility index (Phi) is 4.04. The van der Waals surface area contributed by atoms with Gasteiger partial charge >= 0.3 is 5.97 Å². The summed E-state index contributed by atoms with van der Waals surface area (Å²) in [7, 11) is 1.42. The highest BCUT2D eigenvalue weighted by molar-refractivity contribution is 5.67. The van der Waals surface area contributed by atoms with E-state index in [1.807, 2.05) is 0 Å². The maximum absolute atomic E-state index is 10.5. The lowest BCUT2D eigenvalue weighted by Crippen LogP contribution is -2.31. The van der Waals surface area contributed by atoms with Crippen LogP contribution in [-0.2, 0) is 9.53 Å². The fourth-order valence-corrected chi connectivity index (χ4v) is 2.10. The van der Waals surface area contributed by atoms with Gasteiger partial charge in [0.15, 0.2) is 0 Å². The molecule has 5 unspecified atom stereocenters. The lowest BCUT2D eigenvalue weighted by Gasteiger charge is -2.20. The number of aliphatic carboxylic acids is 1. The van der Waals surface area contributed by atoms with E-state index < -0.39 is 36.1 Å². The fraction of sp³-hybridized carbons (Fsp3) is 0.889. The Labute approximate surface area is 87.1 Å². The van der Waals surface area contributed by atoms with E-state index in [1.165, 1.54) is 7.11 Å². The number of carboxylic acids is 1. The van der Waals surface area contributed by atoms with E-state index >= 15 is 0 Å². The van der Waals surface area contributed by atoms with Crippen molar-refractivity contribution in [3.8, 4) is 0 Å². The lowest BCUT2D eigenvalue weighted by atomic mass is 9.91. The van der Waals surface area contributed by atoms with Gasteiger partial charge in [-0.25, -0.2) is 0 Å². The number of aliphatic hydroxyl groups is 3. The van der Waals surface area contributed by atoms with Crippen molar-refractivity contribution in [1.29, 1.82) is 0 Å². The molecule has 0 amide bonds. The van der Waals surface area contributed by atoms with Gasteiger partial charge in [0.1, 0.15) is 6.10 Å². The Hall–Kier alpha value is -0.690. The Morgan fingerprint density at radius 2 is 1.67 bits per heavy atom. The van der Waals surface area contributed by atoms with Crippen LogP contribution in [0.4, 0.5) is 0 Å². The largest absolute Gasteiger partial charge is 0.481 e. The minimum atomic E-state index is -1.30. The SMILES string of the molecule is COCC1C(O)C(O)C(O)C1CC(=O)O. The Balaban J connectivity index is 2.75. The van der Waals surface area contributed by atoms with Gasteiger partial charge in [-0.1, -0.05) is 0 Å². The molecule has 0 aliphatic heterocycles. The molecule has 1 fully saturated rings. The molecular weight excluding hydrogens is 204 g/mol. The summed E-state index contributed by atoms with van der Waals surface area (Å²) in [6.45, 7) is 0.118. The average molecular weight is 220 g/mol. The van der Waals surface area contributed by atoms with Crippen LogP contribution >= 0.6 is 0 Å². The average Bonchev–Trinajstić information content (AvgIpc) is 2.35. The summed E-state index contributed by atoms with van der Waals surface area (Å²) >= 11 is 0.